The van der Waals surface area contributed by atoms with Gasteiger partial charge in [0.15, 0.2) is 0 Å². The van der Waals surface area contributed by atoms with Crippen LogP contribution < -0.4 is 5.73 Å². The van der Waals surface area contributed by atoms with Crippen molar-refractivity contribution in [3.8, 4) is 0 Å². The summed E-state index contributed by atoms with van der Waals surface area (Å²) in [4.78, 5) is 10.2. The molecule has 3 N–H and O–H groups in total. The number of carboxylic acids is 1. The lowest BCUT2D eigenvalue weighted by Crippen LogP contribution is -2.23. The van der Waals surface area contributed by atoms with Gasteiger partial charge in [-0.05, 0) is 18.4 Å². The van der Waals surface area contributed by atoms with E-state index in [0.29, 0.717) is 6.42 Å². The van der Waals surface area contributed by atoms with Crippen molar-refractivity contribution in [2.75, 3.05) is 0 Å². The van der Waals surface area contributed by atoms with Gasteiger partial charge in [-0.1, -0.05) is 13.5 Å². The van der Waals surface area contributed by atoms with E-state index in [4.69, 9.17) is 10.8 Å². The fourth-order valence-corrected chi connectivity index (χ4v) is 0.971. The van der Waals surface area contributed by atoms with E-state index in [9.17, 15) is 4.79 Å². The topological polar surface area (TPSA) is 63.3 Å². The Bertz CT molecular complexity index is 205. The molecule has 0 aliphatic carbocycles. The highest BCUT2D eigenvalue weighted by Gasteiger charge is 2.08. The molecule has 0 bridgehead atoms. The van der Waals surface area contributed by atoms with Gasteiger partial charge >= 0.3 is 5.97 Å². The number of hydrogen-bond donors (Lipinski definition) is 2. The monoisotopic (exact) mass is 169 g/mol. The normalized spacial score (nSPS) is 11.8. The quantitative estimate of drug-likeness (QED) is 0.610. The number of hydrogen-bond acceptors (Lipinski definition) is 2. The minimum Gasteiger partial charge on any atom is -0.481 e. The van der Waals surface area contributed by atoms with E-state index >= 15 is 0 Å². The number of nitrogens with two attached hydrogens (primary N) is 1. The first kappa shape index (κ1) is 11.0. The van der Waals surface area contributed by atoms with Crippen molar-refractivity contribution in [2.45, 2.75) is 32.2 Å². The van der Waals surface area contributed by atoms with Gasteiger partial charge in [-0.2, -0.15) is 0 Å². The first-order valence-electron chi connectivity index (χ1n) is 3.98. The van der Waals surface area contributed by atoms with E-state index in [2.05, 4.69) is 12.3 Å². The summed E-state index contributed by atoms with van der Waals surface area (Å²) in [5, 5.41) is 8.39. The molecule has 3 nitrogen and oxygen atoms in total. The smallest absolute Gasteiger partial charge is 0.303 e. The molecule has 0 rings (SSSR count). The van der Waals surface area contributed by atoms with Crippen molar-refractivity contribution in [2.24, 2.45) is 5.73 Å². The second kappa shape index (κ2) is 5.58. The van der Waals surface area contributed by atoms with Crippen LogP contribution in [0.15, 0.2) is 17.9 Å². The predicted molar refractivity (Wildman–Crippen MR) is 47.8 cm³/mol. The molecular weight excluding hydrogens is 154 g/mol. The van der Waals surface area contributed by atoms with Crippen LogP contribution in [0.4, 0.5) is 0 Å². The van der Waals surface area contributed by atoms with Crippen LogP contribution in [0.2, 0.25) is 0 Å². The third-order valence-electron chi connectivity index (χ3n) is 1.72. The van der Waals surface area contributed by atoms with Crippen LogP contribution in [-0.2, 0) is 4.79 Å². The molecule has 0 aliphatic heterocycles. The maximum absolute atomic E-state index is 10.2. The summed E-state index contributed by atoms with van der Waals surface area (Å²) >= 11 is 0. The lowest BCUT2D eigenvalue weighted by molar-refractivity contribution is -0.137. The zero-order valence-electron chi connectivity index (χ0n) is 7.34. The third kappa shape index (κ3) is 3.96. The van der Waals surface area contributed by atoms with Crippen LogP contribution in [0.1, 0.15) is 26.2 Å². The van der Waals surface area contributed by atoms with Gasteiger partial charge in [0.1, 0.15) is 0 Å². The molecule has 68 valence electrons. The summed E-state index contributed by atoms with van der Waals surface area (Å²) in [6.07, 6.45) is 1.34. The molecule has 0 fully saturated rings. The molecule has 0 amide bonds. The van der Waals surface area contributed by atoms with Crippen LogP contribution in [-0.4, -0.2) is 17.1 Å². The Morgan fingerprint density at radius 3 is 2.67 bits per heavy atom. The second-order valence-corrected chi connectivity index (χ2v) is 2.59. The van der Waals surface area contributed by atoms with Crippen LogP contribution in [0, 0.1) is 0 Å². The molecule has 0 heterocycles. The number of carbonyl (C=O) groups is 1. The Balaban J connectivity index is 3.94. The fourth-order valence-electron chi connectivity index (χ4n) is 0.971. The SMILES string of the molecule is C=C=C(CC)C(N)CCC(=O)O. The summed E-state index contributed by atoms with van der Waals surface area (Å²) in [5.74, 6) is -0.815. The van der Waals surface area contributed by atoms with Crippen molar-refractivity contribution < 1.29 is 9.90 Å². The molecule has 0 saturated heterocycles. The van der Waals surface area contributed by atoms with Crippen LogP contribution in [0.5, 0.6) is 0 Å². The van der Waals surface area contributed by atoms with E-state index in [1.165, 1.54) is 0 Å². The molecule has 12 heavy (non-hydrogen) atoms. The molecule has 0 aliphatic rings. The summed E-state index contributed by atoms with van der Waals surface area (Å²) in [6.45, 7) is 5.44. The minimum absolute atomic E-state index is 0.104. The Morgan fingerprint density at radius 2 is 2.33 bits per heavy atom. The van der Waals surface area contributed by atoms with Gasteiger partial charge in [-0.25, -0.2) is 0 Å². The molecule has 1 unspecified atom stereocenters. The van der Waals surface area contributed by atoms with E-state index in [-0.39, 0.29) is 12.5 Å². The summed E-state index contributed by atoms with van der Waals surface area (Å²) in [5.41, 5.74) is 9.31. The Hall–Kier alpha value is -1.05. The maximum Gasteiger partial charge on any atom is 0.303 e. The molecular formula is C9H15NO2. The molecule has 0 spiro atoms. The zero-order chi connectivity index (χ0) is 9.56. The van der Waals surface area contributed by atoms with Gasteiger partial charge in [0.2, 0.25) is 0 Å². The van der Waals surface area contributed by atoms with Gasteiger partial charge in [0.25, 0.3) is 0 Å². The molecule has 0 radical (unpaired) electrons. The number of aliphatic carboxylic acids is 1. The lowest BCUT2D eigenvalue weighted by Gasteiger charge is -2.10. The number of rotatable bonds is 5. The van der Waals surface area contributed by atoms with Gasteiger partial charge in [-0.15, -0.1) is 5.73 Å². The van der Waals surface area contributed by atoms with E-state index in [0.717, 1.165) is 12.0 Å². The highest BCUT2D eigenvalue weighted by atomic mass is 16.4. The van der Waals surface area contributed by atoms with Crippen molar-refractivity contribution in [1.29, 1.82) is 0 Å². The average Bonchev–Trinajstić information content (AvgIpc) is 2.03. The minimum atomic E-state index is -0.815. The van der Waals surface area contributed by atoms with Crippen molar-refractivity contribution in [3.63, 3.8) is 0 Å². The van der Waals surface area contributed by atoms with E-state index < -0.39 is 5.97 Å². The fraction of sp³-hybridized carbons (Fsp3) is 0.556. The van der Waals surface area contributed by atoms with Gasteiger partial charge in [0, 0.05) is 12.5 Å². The summed E-state index contributed by atoms with van der Waals surface area (Å²) in [7, 11) is 0. The predicted octanol–water partition coefficient (Wildman–Crippen LogP) is 1.30. The molecule has 0 aromatic heterocycles. The largest absolute Gasteiger partial charge is 0.481 e. The van der Waals surface area contributed by atoms with E-state index in [1.807, 2.05) is 6.92 Å². The van der Waals surface area contributed by atoms with Crippen LogP contribution in [0.25, 0.3) is 0 Å². The molecule has 0 aromatic rings. The first-order chi connectivity index (χ1) is 5.61. The van der Waals surface area contributed by atoms with Crippen molar-refractivity contribution in [1.82, 2.24) is 0 Å². The molecule has 1 atom stereocenters. The average molecular weight is 169 g/mol. The van der Waals surface area contributed by atoms with Crippen molar-refractivity contribution in [3.05, 3.63) is 17.9 Å². The second-order valence-electron chi connectivity index (χ2n) is 2.59. The van der Waals surface area contributed by atoms with E-state index in [1.54, 1.807) is 0 Å². The van der Waals surface area contributed by atoms with Crippen molar-refractivity contribution >= 4 is 5.97 Å². The Morgan fingerprint density at radius 1 is 1.75 bits per heavy atom. The van der Waals surface area contributed by atoms with Crippen LogP contribution in [0.3, 0.4) is 0 Å². The Labute approximate surface area is 72.6 Å². The molecule has 0 aromatic carbocycles. The highest BCUT2D eigenvalue weighted by molar-refractivity contribution is 5.66. The third-order valence-corrected chi connectivity index (χ3v) is 1.72. The van der Waals surface area contributed by atoms with Gasteiger partial charge < -0.3 is 10.8 Å². The van der Waals surface area contributed by atoms with Gasteiger partial charge in [0.05, 0.1) is 0 Å². The highest BCUT2D eigenvalue weighted by Crippen LogP contribution is 2.08. The molecule has 0 saturated carbocycles. The molecule has 3 heteroatoms. The standard InChI is InChI=1S/C9H15NO2/c1-3-7(4-2)8(10)5-6-9(11)12/h8H,1,4-6,10H2,2H3,(H,11,12). The first-order valence-corrected chi connectivity index (χ1v) is 3.98. The number of carboxylic acid groups (broad SMARTS) is 1. The van der Waals surface area contributed by atoms with Gasteiger partial charge in [-0.3, -0.25) is 4.79 Å². The maximum atomic E-state index is 10.2. The Kier molecular flexibility index (Phi) is 5.09. The lowest BCUT2D eigenvalue weighted by atomic mass is 10.0. The zero-order valence-corrected chi connectivity index (χ0v) is 7.34. The van der Waals surface area contributed by atoms with Crippen LogP contribution >= 0.6 is 0 Å². The summed E-state index contributed by atoms with van der Waals surface area (Å²) < 4.78 is 0. The summed E-state index contributed by atoms with van der Waals surface area (Å²) in [6, 6.07) is -0.205.